The molecule has 88 valence electrons. The Balaban J connectivity index is -0.000000249. The van der Waals surface area contributed by atoms with Crippen molar-refractivity contribution in [3.63, 3.8) is 0 Å². The first-order valence-electron chi connectivity index (χ1n) is 3.03. The fraction of sp³-hybridized carbons (Fsp3) is 1.00. The molecule has 0 fully saturated rings. The molecule has 12 heteroatoms. The first-order chi connectivity index (χ1) is 5.94. The maximum atomic E-state index is 9.51. The second-order valence-corrected chi connectivity index (χ2v) is 7.47. The van der Waals surface area contributed by atoms with Gasteiger partial charge in [0.15, 0.2) is 0 Å². The van der Waals surface area contributed by atoms with E-state index in [2.05, 4.69) is 28.3 Å². The molecule has 0 aliphatic heterocycles. The molecule has 0 bridgehead atoms. The molecule has 15 heavy (non-hydrogen) atoms. The van der Waals surface area contributed by atoms with Crippen LogP contribution < -0.4 is 29.6 Å². The molecule has 0 aromatic carbocycles. The van der Waals surface area contributed by atoms with Crippen LogP contribution in [0.4, 0.5) is 0 Å². The molecular formula is C3H11NaO8S2Si. The van der Waals surface area contributed by atoms with Crippen molar-refractivity contribution in [2.45, 2.75) is 19.6 Å². The molecular weight excluding hydrogens is 279 g/mol. The molecule has 0 aliphatic rings. The summed E-state index contributed by atoms with van der Waals surface area (Å²) in [5.41, 5.74) is 0. The third-order valence-corrected chi connectivity index (χ3v) is 0.766. The van der Waals surface area contributed by atoms with E-state index in [4.69, 9.17) is 9.11 Å². The SMILES string of the molecule is C[Si-](C)C.O=S(=O)(O)OOS(=O)(=O)O.[Na+]. The second-order valence-electron chi connectivity index (χ2n) is 2.49. The first-order valence-corrected chi connectivity index (χ1v) is 8.76. The summed E-state index contributed by atoms with van der Waals surface area (Å²) < 4.78 is 58.9. The molecule has 0 aromatic heterocycles. The van der Waals surface area contributed by atoms with Crippen molar-refractivity contribution >= 4 is 29.6 Å². The van der Waals surface area contributed by atoms with E-state index in [1.54, 1.807) is 0 Å². The smallest absolute Gasteiger partial charge is 0.271 e. The molecule has 0 unspecified atom stereocenters. The van der Waals surface area contributed by atoms with Crippen LogP contribution in [0.5, 0.6) is 0 Å². The van der Waals surface area contributed by atoms with Gasteiger partial charge in [0.05, 0.1) is 0 Å². The van der Waals surface area contributed by atoms with Gasteiger partial charge in [-0.15, -0.1) is 0 Å². The standard InChI is InChI=1S/C3H9Si.Na.H2O8S2/c1-4(2)3;;1-9(2,3)7-8-10(4,5)6/h1-3H3;;(H,1,2,3)(H,4,5,6)/q-1;+1;. The Morgan fingerprint density at radius 3 is 1.07 bits per heavy atom. The van der Waals surface area contributed by atoms with Crippen LogP contribution in [0.3, 0.4) is 0 Å². The van der Waals surface area contributed by atoms with Crippen LogP contribution in [0.25, 0.3) is 0 Å². The van der Waals surface area contributed by atoms with Gasteiger partial charge in [-0.25, -0.2) is 0 Å². The summed E-state index contributed by atoms with van der Waals surface area (Å²) >= 11 is 0. The van der Waals surface area contributed by atoms with Crippen molar-refractivity contribution in [2.75, 3.05) is 0 Å². The maximum absolute atomic E-state index is 9.51. The predicted molar refractivity (Wildman–Crippen MR) is 48.6 cm³/mol. The Bertz CT molecular complexity index is 298. The van der Waals surface area contributed by atoms with Gasteiger partial charge in [-0.1, -0.05) is 8.67 Å². The summed E-state index contributed by atoms with van der Waals surface area (Å²) in [7, 11) is -9.92. The van der Waals surface area contributed by atoms with Gasteiger partial charge in [0.1, 0.15) is 0 Å². The van der Waals surface area contributed by atoms with E-state index in [9.17, 15) is 16.8 Å². The number of hydrogen-bond acceptors (Lipinski definition) is 6. The summed E-state index contributed by atoms with van der Waals surface area (Å²) in [4.78, 5) is 0. The second kappa shape index (κ2) is 9.04. The molecule has 0 aliphatic carbocycles. The van der Waals surface area contributed by atoms with E-state index in [1.807, 2.05) is 0 Å². The normalized spacial score (nSPS) is 11.3. The zero-order valence-corrected chi connectivity index (χ0v) is 13.3. The van der Waals surface area contributed by atoms with E-state index >= 15 is 0 Å². The van der Waals surface area contributed by atoms with Crippen LogP contribution in [0, 0.1) is 0 Å². The molecule has 0 atom stereocenters. The monoisotopic (exact) mass is 290 g/mol. The van der Waals surface area contributed by atoms with Gasteiger partial charge in [0, 0.05) is 0 Å². The minimum absolute atomic E-state index is 0. The van der Waals surface area contributed by atoms with Crippen molar-refractivity contribution in [3.8, 4) is 0 Å². The molecule has 0 rings (SSSR count). The van der Waals surface area contributed by atoms with Crippen molar-refractivity contribution in [1.82, 2.24) is 0 Å². The van der Waals surface area contributed by atoms with Crippen LogP contribution in [-0.4, -0.2) is 34.7 Å². The van der Waals surface area contributed by atoms with Gasteiger partial charge >= 0.3 is 50.4 Å². The van der Waals surface area contributed by atoms with E-state index in [0.29, 0.717) is 0 Å². The Morgan fingerprint density at radius 2 is 1.00 bits per heavy atom. The Labute approximate surface area is 113 Å². The molecule has 0 heterocycles. The van der Waals surface area contributed by atoms with E-state index in [-0.39, 0.29) is 38.4 Å². The van der Waals surface area contributed by atoms with Crippen molar-refractivity contribution in [1.29, 1.82) is 0 Å². The van der Waals surface area contributed by atoms with Gasteiger partial charge < -0.3 is 0 Å². The summed E-state index contributed by atoms with van der Waals surface area (Å²) in [5, 5.41) is 0. The third-order valence-electron chi connectivity index (χ3n) is 0.200. The Hall–Kier alpha value is 0.957. The maximum Gasteiger partial charge on any atom is 1.00 e. The van der Waals surface area contributed by atoms with Gasteiger partial charge in [-0.2, -0.15) is 36.5 Å². The van der Waals surface area contributed by atoms with E-state index < -0.39 is 20.8 Å². The minimum atomic E-state index is -5.02. The van der Waals surface area contributed by atoms with Crippen LogP contribution in [0.1, 0.15) is 0 Å². The summed E-state index contributed by atoms with van der Waals surface area (Å²) in [5.74, 6) is 0. The fourth-order valence-electron chi connectivity index (χ4n) is 0.0702. The molecule has 2 N–H and O–H groups in total. The molecule has 0 saturated heterocycles. The summed E-state index contributed by atoms with van der Waals surface area (Å²) in [6.07, 6.45) is 0. The molecule has 0 radical (unpaired) electrons. The minimum Gasteiger partial charge on any atom is -0.271 e. The largest absolute Gasteiger partial charge is 1.00 e. The van der Waals surface area contributed by atoms with Crippen LogP contribution in [0.2, 0.25) is 19.6 Å². The van der Waals surface area contributed by atoms with Crippen molar-refractivity contribution in [3.05, 3.63) is 0 Å². The zero-order chi connectivity index (χ0) is 12.0. The Morgan fingerprint density at radius 1 is 0.867 bits per heavy atom. The fourth-order valence-corrected chi connectivity index (χ4v) is 0.632. The van der Waals surface area contributed by atoms with Crippen molar-refractivity contribution < 1.29 is 64.2 Å². The van der Waals surface area contributed by atoms with E-state index in [0.717, 1.165) is 0 Å². The average molecular weight is 290 g/mol. The number of rotatable bonds is 3. The average Bonchev–Trinajstić information content (AvgIpc) is 1.79. The van der Waals surface area contributed by atoms with Crippen molar-refractivity contribution in [2.24, 2.45) is 0 Å². The van der Waals surface area contributed by atoms with Gasteiger partial charge in [0.25, 0.3) is 0 Å². The van der Waals surface area contributed by atoms with E-state index in [1.165, 1.54) is 0 Å². The zero-order valence-electron chi connectivity index (χ0n) is 8.66. The van der Waals surface area contributed by atoms with Gasteiger partial charge in [-0.05, 0) is 0 Å². The van der Waals surface area contributed by atoms with Gasteiger partial charge in [0.2, 0.25) is 0 Å². The molecule has 0 aromatic rings. The van der Waals surface area contributed by atoms with Crippen LogP contribution >= 0.6 is 0 Å². The predicted octanol–water partition coefficient (Wildman–Crippen LogP) is -3.09. The quantitative estimate of drug-likeness (QED) is 0.242. The summed E-state index contributed by atoms with van der Waals surface area (Å²) in [6, 6.07) is 0. The first kappa shape index (κ1) is 21.3. The molecule has 0 amide bonds. The molecule has 0 spiro atoms. The van der Waals surface area contributed by atoms with Gasteiger partial charge in [-0.3, -0.25) is 17.9 Å². The van der Waals surface area contributed by atoms with Crippen LogP contribution in [-0.2, 0) is 29.5 Å². The summed E-state index contributed by atoms with van der Waals surface area (Å²) in [6.45, 7) is 6.81. The molecule has 8 nitrogen and oxygen atoms in total. The van der Waals surface area contributed by atoms with Crippen LogP contribution in [0.15, 0.2) is 0 Å². The Kier molecular flexibility index (Phi) is 12.8. The number of hydrogen-bond donors (Lipinski definition) is 2. The third kappa shape index (κ3) is 39.7. The molecule has 0 saturated carbocycles. The topological polar surface area (TPSA) is 127 Å².